The normalized spacial score (nSPS) is 12.4. The molecule has 1 N–H and O–H groups in total. The van der Waals surface area contributed by atoms with Gasteiger partial charge in [0.1, 0.15) is 0 Å². The molecule has 0 spiro atoms. The third kappa shape index (κ3) is 4.58. The summed E-state index contributed by atoms with van der Waals surface area (Å²) in [6, 6.07) is 0. The molecule has 0 aromatic carbocycles. The summed E-state index contributed by atoms with van der Waals surface area (Å²) in [5.74, 6) is 0. The lowest BCUT2D eigenvalue weighted by atomic mass is 10.1. The van der Waals surface area contributed by atoms with Gasteiger partial charge in [-0.05, 0) is 49.7 Å². The van der Waals surface area contributed by atoms with Gasteiger partial charge in [0, 0.05) is 19.6 Å². The summed E-state index contributed by atoms with van der Waals surface area (Å²) in [6.45, 7) is 13.3. The molecule has 0 unspecified atom stereocenters. The van der Waals surface area contributed by atoms with Crippen LogP contribution in [0.4, 0.5) is 0 Å². The molecule has 0 aliphatic carbocycles. The van der Waals surface area contributed by atoms with E-state index in [1.807, 2.05) is 13.8 Å². The lowest BCUT2D eigenvalue weighted by Gasteiger charge is -2.28. The van der Waals surface area contributed by atoms with Crippen LogP contribution in [-0.4, -0.2) is 38.5 Å². The SMILES string of the molecule is CCc1nn(CC)c(CN(CC)CC(C)(C)O)c1Br. The van der Waals surface area contributed by atoms with Gasteiger partial charge in [-0.25, -0.2) is 0 Å². The first kappa shape index (κ1) is 16.7. The van der Waals surface area contributed by atoms with Crippen LogP contribution < -0.4 is 0 Å². The highest BCUT2D eigenvalue weighted by molar-refractivity contribution is 9.10. The number of aliphatic hydroxyl groups is 1. The van der Waals surface area contributed by atoms with Gasteiger partial charge >= 0.3 is 0 Å². The van der Waals surface area contributed by atoms with Crippen molar-refractivity contribution in [2.24, 2.45) is 0 Å². The van der Waals surface area contributed by atoms with Crippen molar-refractivity contribution in [1.29, 1.82) is 0 Å². The van der Waals surface area contributed by atoms with Crippen LogP contribution in [0.25, 0.3) is 0 Å². The van der Waals surface area contributed by atoms with Crippen molar-refractivity contribution in [2.75, 3.05) is 13.1 Å². The second kappa shape index (κ2) is 6.86. The Balaban J connectivity index is 2.93. The van der Waals surface area contributed by atoms with Gasteiger partial charge in [0.15, 0.2) is 0 Å². The van der Waals surface area contributed by atoms with E-state index in [9.17, 15) is 5.11 Å². The molecule has 0 amide bonds. The number of rotatable bonds is 7. The first-order valence-corrected chi connectivity index (χ1v) is 7.80. The minimum atomic E-state index is -0.673. The van der Waals surface area contributed by atoms with Crippen LogP contribution >= 0.6 is 15.9 Å². The van der Waals surface area contributed by atoms with Gasteiger partial charge in [-0.3, -0.25) is 9.58 Å². The Morgan fingerprint density at radius 1 is 1.32 bits per heavy atom. The Hall–Kier alpha value is -0.390. The summed E-state index contributed by atoms with van der Waals surface area (Å²) < 4.78 is 3.17. The molecule has 0 saturated carbocycles. The Bertz CT molecular complexity index is 410. The van der Waals surface area contributed by atoms with Gasteiger partial charge in [0.25, 0.3) is 0 Å². The van der Waals surface area contributed by atoms with Crippen LogP contribution in [0.1, 0.15) is 46.0 Å². The number of halogens is 1. The second-order valence-electron chi connectivity index (χ2n) is 5.49. The van der Waals surface area contributed by atoms with E-state index in [0.29, 0.717) is 6.54 Å². The average molecular weight is 332 g/mol. The smallest absolute Gasteiger partial charge is 0.0767 e. The predicted octanol–water partition coefficient (Wildman–Crippen LogP) is 2.82. The molecule has 0 aliphatic rings. The first-order valence-electron chi connectivity index (χ1n) is 7.01. The van der Waals surface area contributed by atoms with Crippen LogP contribution in [0.15, 0.2) is 4.47 Å². The minimum absolute atomic E-state index is 0.659. The first-order chi connectivity index (χ1) is 8.82. The average Bonchev–Trinajstić information content (AvgIpc) is 2.63. The number of aryl methyl sites for hydroxylation is 2. The Kier molecular flexibility index (Phi) is 6.02. The van der Waals surface area contributed by atoms with Crippen molar-refractivity contribution in [3.63, 3.8) is 0 Å². The molecule has 110 valence electrons. The van der Waals surface area contributed by atoms with E-state index < -0.39 is 5.60 Å². The molecule has 19 heavy (non-hydrogen) atoms. The van der Waals surface area contributed by atoms with Gasteiger partial charge in [0.2, 0.25) is 0 Å². The van der Waals surface area contributed by atoms with E-state index >= 15 is 0 Å². The van der Waals surface area contributed by atoms with Gasteiger partial charge in [-0.1, -0.05) is 13.8 Å². The summed E-state index contributed by atoms with van der Waals surface area (Å²) in [4.78, 5) is 2.24. The number of aromatic nitrogens is 2. The molecule has 1 rings (SSSR count). The molecule has 0 aliphatic heterocycles. The molecule has 1 aromatic rings. The number of nitrogens with zero attached hydrogens (tertiary/aromatic N) is 3. The monoisotopic (exact) mass is 331 g/mol. The van der Waals surface area contributed by atoms with Crippen LogP contribution in [0, 0.1) is 0 Å². The van der Waals surface area contributed by atoms with Crippen molar-refractivity contribution in [3.8, 4) is 0 Å². The van der Waals surface area contributed by atoms with Crippen LogP contribution in [0.5, 0.6) is 0 Å². The molecule has 0 saturated heterocycles. The highest BCUT2D eigenvalue weighted by Gasteiger charge is 2.21. The molecule has 0 radical (unpaired) electrons. The Labute approximate surface area is 124 Å². The number of hydrogen-bond acceptors (Lipinski definition) is 3. The largest absolute Gasteiger partial charge is 0.389 e. The zero-order valence-electron chi connectivity index (χ0n) is 12.7. The highest BCUT2D eigenvalue weighted by Crippen LogP contribution is 2.24. The number of hydrogen-bond donors (Lipinski definition) is 1. The van der Waals surface area contributed by atoms with Crippen molar-refractivity contribution in [2.45, 2.75) is 59.7 Å². The van der Waals surface area contributed by atoms with Gasteiger partial charge in [0.05, 0.1) is 21.5 Å². The summed E-state index contributed by atoms with van der Waals surface area (Å²) in [7, 11) is 0. The van der Waals surface area contributed by atoms with Gasteiger partial charge < -0.3 is 5.11 Å². The Morgan fingerprint density at radius 2 is 1.95 bits per heavy atom. The maximum absolute atomic E-state index is 9.97. The van der Waals surface area contributed by atoms with Crippen LogP contribution in [-0.2, 0) is 19.5 Å². The molecule has 0 atom stereocenters. The molecular weight excluding hydrogens is 306 g/mol. The highest BCUT2D eigenvalue weighted by atomic mass is 79.9. The molecule has 0 fully saturated rings. The van der Waals surface area contributed by atoms with E-state index in [2.05, 4.69) is 51.4 Å². The van der Waals surface area contributed by atoms with Crippen molar-refractivity contribution < 1.29 is 5.11 Å². The zero-order chi connectivity index (χ0) is 14.6. The van der Waals surface area contributed by atoms with Gasteiger partial charge in [-0.2, -0.15) is 5.10 Å². The fourth-order valence-electron chi connectivity index (χ4n) is 2.21. The van der Waals surface area contributed by atoms with E-state index in [0.717, 1.165) is 36.2 Å². The lowest BCUT2D eigenvalue weighted by molar-refractivity contribution is 0.0345. The number of likely N-dealkylation sites (N-methyl/N-ethyl adjacent to an activating group) is 1. The van der Waals surface area contributed by atoms with E-state index in [1.54, 1.807) is 0 Å². The van der Waals surface area contributed by atoms with Crippen LogP contribution in [0.2, 0.25) is 0 Å². The fraction of sp³-hybridized carbons (Fsp3) is 0.786. The minimum Gasteiger partial charge on any atom is -0.389 e. The third-order valence-electron chi connectivity index (χ3n) is 3.13. The summed E-state index contributed by atoms with van der Waals surface area (Å²) in [5.41, 5.74) is 1.63. The quantitative estimate of drug-likeness (QED) is 0.835. The molecule has 4 nitrogen and oxygen atoms in total. The zero-order valence-corrected chi connectivity index (χ0v) is 14.3. The van der Waals surface area contributed by atoms with Crippen molar-refractivity contribution >= 4 is 15.9 Å². The Morgan fingerprint density at radius 3 is 2.37 bits per heavy atom. The fourth-order valence-corrected chi connectivity index (χ4v) is 2.90. The second-order valence-corrected chi connectivity index (χ2v) is 6.29. The van der Waals surface area contributed by atoms with E-state index in [-0.39, 0.29) is 0 Å². The summed E-state index contributed by atoms with van der Waals surface area (Å²) >= 11 is 3.67. The van der Waals surface area contributed by atoms with Crippen molar-refractivity contribution in [1.82, 2.24) is 14.7 Å². The summed E-state index contributed by atoms with van der Waals surface area (Å²) in [6.07, 6.45) is 0.929. The van der Waals surface area contributed by atoms with Crippen LogP contribution in [0.3, 0.4) is 0 Å². The third-order valence-corrected chi connectivity index (χ3v) is 4.04. The van der Waals surface area contributed by atoms with E-state index in [4.69, 9.17) is 0 Å². The molecule has 0 bridgehead atoms. The summed E-state index contributed by atoms with van der Waals surface area (Å²) in [5, 5.41) is 14.6. The molecule has 1 aromatic heterocycles. The molecule has 1 heterocycles. The lowest BCUT2D eigenvalue weighted by Crippen LogP contribution is -2.38. The maximum Gasteiger partial charge on any atom is 0.0767 e. The van der Waals surface area contributed by atoms with E-state index in [1.165, 1.54) is 5.69 Å². The topological polar surface area (TPSA) is 41.3 Å². The van der Waals surface area contributed by atoms with Crippen molar-refractivity contribution in [3.05, 3.63) is 15.9 Å². The standard InChI is InChI=1S/C14H26BrN3O/c1-6-11-13(15)12(18(8-3)16-11)9-17(7-2)10-14(4,5)19/h19H,6-10H2,1-5H3. The maximum atomic E-state index is 9.97. The van der Waals surface area contributed by atoms with Gasteiger partial charge in [-0.15, -0.1) is 0 Å². The molecule has 5 heteroatoms. The molecular formula is C14H26BrN3O. The predicted molar refractivity (Wildman–Crippen MR) is 82.2 cm³/mol.